The van der Waals surface area contributed by atoms with Gasteiger partial charge >= 0.3 is 17.1 Å². The maximum absolute atomic E-state index is 10.5. The lowest BCUT2D eigenvalue weighted by atomic mass is 9.99. The Labute approximate surface area is 91.7 Å². The molecule has 2 N–H and O–H groups in total. The van der Waals surface area contributed by atoms with Crippen molar-refractivity contribution in [3.63, 3.8) is 0 Å². The second-order valence-corrected chi connectivity index (χ2v) is 3.15. The average molecular weight is 247 g/mol. The topological polar surface area (TPSA) is 170 Å². The maximum atomic E-state index is 10.5. The first-order valence-corrected chi connectivity index (χ1v) is 4.00. The molecule has 0 bridgehead atoms. The van der Waals surface area contributed by atoms with Gasteiger partial charge in [0.1, 0.15) is 12.5 Å². The Morgan fingerprint density at radius 1 is 1.18 bits per heavy atom. The van der Waals surface area contributed by atoms with Gasteiger partial charge in [-0.15, -0.1) is 0 Å². The number of nitrogens with zero attached hydrogens (tertiary/aromatic N) is 3. The largest absolute Gasteiger partial charge is 0.498 e. The Balaban J connectivity index is 3.42. The first-order chi connectivity index (χ1) is 7.69. The molecule has 0 aromatic rings. The smallest absolute Gasteiger partial charge is 0.359 e. The second-order valence-electron chi connectivity index (χ2n) is 3.15. The van der Waals surface area contributed by atoms with Crippen molar-refractivity contribution in [2.45, 2.75) is 12.1 Å². The number of aliphatic hydroxyl groups excluding tert-OH is 1. The van der Waals surface area contributed by atoms with E-state index >= 15 is 0 Å². The lowest BCUT2D eigenvalue weighted by Crippen LogP contribution is -2.40. The van der Waals surface area contributed by atoms with Crippen LogP contribution in [0.1, 0.15) is 6.42 Å². The normalized spacial score (nSPS) is 24.2. The minimum atomic E-state index is -2.98. The van der Waals surface area contributed by atoms with Gasteiger partial charge in [-0.2, -0.15) is 0 Å². The zero-order chi connectivity index (χ0) is 13.4. The molecule has 0 aromatic heterocycles. The van der Waals surface area contributed by atoms with E-state index in [1.807, 2.05) is 0 Å². The molecule has 0 heterocycles. The van der Waals surface area contributed by atoms with E-state index in [2.05, 4.69) is 0 Å². The highest BCUT2D eigenvalue weighted by Gasteiger charge is 2.52. The minimum absolute atomic E-state index is 0.162. The molecule has 0 saturated heterocycles. The summed E-state index contributed by atoms with van der Waals surface area (Å²) in [5.41, 5.74) is -5.43. The first kappa shape index (κ1) is 12.5. The first-order valence-electron chi connectivity index (χ1n) is 4.00. The molecule has 0 fully saturated rings. The average Bonchev–Trinajstić information content (AvgIpc) is 2.20. The Kier molecular flexibility index (Phi) is 2.79. The summed E-state index contributed by atoms with van der Waals surface area (Å²) in [6.45, 7) is 0. The summed E-state index contributed by atoms with van der Waals surface area (Å²) >= 11 is 0. The number of rotatable bonds is 3. The fourth-order valence-corrected chi connectivity index (χ4v) is 1.22. The van der Waals surface area contributed by atoms with Crippen LogP contribution in [0.4, 0.5) is 0 Å². The molecule has 1 aliphatic rings. The SMILES string of the molecule is O=[N+]([O-])C1=CC(O)([N+](=O)[O-])CC([N+](=O)[O-])=C1O. The van der Waals surface area contributed by atoms with E-state index in [0.29, 0.717) is 0 Å². The third kappa shape index (κ3) is 2.03. The molecule has 1 rings (SSSR count). The van der Waals surface area contributed by atoms with Crippen LogP contribution in [0.3, 0.4) is 0 Å². The number of hydrogen-bond acceptors (Lipinski definition) is 8. The van der Waals surface area contributed by atoms with Crippen LogP contribution in [-0.4, -0.2) is 30.7 Å². The van der Waals surface area contributed by atoms with Gasteiger partial charge in [0, 0.05) is 0 Å². The van der Waals surface area contributed by atoms with Gasteiger partial charge in [-0.1, -0.05) is 0 Å². The van der Waals surface area contributed by atoms with Crippen LogP contribution in [0.2, 0.25) is 0 Å². The van der Waals surface area contributed by atoms with Crippen molar-refractivity contribution in [2.75, 3.05) is 0 Å². The number of hydrogen-bond donors (Lipinski definition) is 2. The molecule has 0 aliphatic heterocycles. The van der Waals surface area contributed by atoms with Crippen molar-refractivity contribution in [1.82, 2.24) is 0 Å². The molecular weight excluding hydrogens is 242 g/mol. The fraction of sp³-hybridized carbons (Fsp3) is 0.333. The van der Waals surface area contributed by atoms with E-state index in [1.165, 1.54) is 0 Å². The molecule has 0 amide bonds. The van der Waals surface area contributed by atoms with Crippen LogP contribution in [-0.2, 0) is 0 Å². The van der Waals surface area contributed by atoms with Crippen LogP contribution in [0.25, 0.3) is 0 Å². The van der Waals surface area contributed by atoms with Crippen molar-refractivity contribution in [3.8, 4) is 0 Å². The van der Waals surface area contributed by atoms with E-state index in [-0.39, 0.29) is 6.08 Å². The molecule has 92 valence electrons. The van der Waals surface area contributed by atoms with Gasteiger partial charge in [-0.25, -0.2) is 0 Å². The van der Waals surface area contributed by atoms with Gasteiger partial charge in [0.25, 0.3) is 5.76 Å². The molecule has 0 aromatic carbocycles. The molecule has 17 heavy (non-hydrogen) atoms. The van der Waals surface area contributed by atoms with Gasteiger partial charge in [-0.05, 0) is 0 Å². The Morgan fingerprint density at radius 3 is 2.06 bits per heavy atom. The van der Waals surface area contributed by atoms with Crippen molar-refractivity contribution in [3.05, 3.63) is 53.6 Å². The minimum Gasteiger partial charge on any atom is -0.498 e. The summed E-state index contributed by atoms with van der Waals surface area (Å²) in [5, 5.41) is 49.9. The lowest BCUT2D eigenvalue weighted by Gasteiger charge is -2.17. The highest BCUT2D eigenvalue weighted by atomic mass is 16.7. The maximum Gasteiger partial charge on any atom is 0.359 e. The molecule has 0 saturated carbocycles. The molecule has 0 radical (unpaired) electrons. The standard InChI is InChI=1S/C6H5N3O8/c10-5-3(7(12)13)1-6(11,9(16)17)2-4(5)8(14)15/h1,10-11H,2H2. The summed E-state index contributed by atoms with van der Waals surface area (Å²) in [6, 6.07) is 0. The number of aliphatic hydroxyl groups is 2. The zero-order valence-electron chi connectivity index (χ0n) is 7.97. The third-order valence-electron chi connectivity index (χ3n) is 2.04. The van der Waals surface area contributed by atoms with E-state index in [0.717, 1.165) is 0 Å². The van der Waals surface area contributed by atoms with Crippen LogP contribution in [0.5, 0.6) is 0 Å². The molecule has 1 atom stereocenters. The second kappa shape index (κ2) is 3.79. The van der Waals surface area contributed by atoms with Crippen molar-refractivity contribution < 1.29 is 25.0 Å². The van der Waals surface area contributed by atoms with Crippen LogP contribution >= 0.6 is 0 Å². The predicted molar refractivity (Wildman–Crippen MR) is 48.3 cm³/mol. The zero-order valence-corrected chi connectivity index (χ0v) is 7.97. The van der Waals surface area contributed by atoms with Crippen LogP contribution in [0.15, 0.2) is 23.2 Å². The van der Waals surface area contributed by atoms with Crippen LogP contribution < -0.4 is 0 Å². The Bertz CT molecular complexity index is 480. The molecular formula is C6H5N3O8. The molecule has 0 spiro atoms. The molecule has 11 heteroatoms. The Morgan fingerprint density at radius 2 is 1.71 bits per heavy atom. The highest BCUT2D eigenvalue weighted by molar-refractivity contribution is 5.29. The molecule has 1 unspecified atom stereocenters. The van der Waals surface area contributed by atoms with E-state index in [9.17, 15) is 40.6 Å². The molecule has 1 aliphatic carbocycles. The fourth-order valence-electron chi connectivity index (χ4n) is 1.22. The van der Waals surface area contributed by atoms with E-state index < -0.39 is 44.1 Å². The highest BCUT2D eigenvalue weighted by Crippen LogP contribution is 2.31. The van der Waals surface area contributed by atoms with Crippen molar-refractivity contribution in [2.24, 2.45) is 0 Å². The van der Waals surface area contributed by atoms with E-state index in [1.54, 1.807) is 0 Å². The summed E-state index contributed by atoms with van der Waals surface area (Å²) in [5.74, 6) is -1.30. The van der Waals surface area contributed by atoms with Gasteiger partial charge in [0.2, 0.25) is 0 Å². The monoisotopic (exact) mass is 247 g/mol. The van der Waals surface area contributed by atoms with Gasteiger partial charge in [0.05, 0.1) is 14.8 Å². The van der Waals surface area contributed by atoms with Gasteiger partial charge in [0.15, 0.2) is 0 Å². The summed E-state index contributed by atoms with van der Waals surface area (Å²) in [4.78, 5) is 27.6. The summed E-state index contributed by atoms with van der Waals surface area (Å²) < 4.78 is 0. The summed E-state index contributed by atoms with van der Waals surface area (Å²) in [7, 11) is 0. The van der Waals surface area contributed by atoms with E-state index in [4.69, 9.17) is 0 Å². The van der Waals surface area contributed by atoms with Crippen molar-refractivity contribution >= 4 is 0 Å². The summed E-state index contributed by atoms with van der Waals surface area (Å²) in [6.07, 6.45) is -0.995. The van der Waals surface area contributed by atoms with Crippen molar-refractivity contribution in [1.29, 1.82) is 0 Å². The van der Waals surface area contributed by atoms with Gasteiger partial charge in [-0.3, -0.25) is 30.3 Å². The predicted octanol–water partition coefficient (Wildman–Crippen LogP) is -0.438. The van der Waals surface area contributed by atoms with Crippen LogP contribution in [0, 0.1) is 30.3 Å². The lowest BCUT2D eigenvalue weighted by molar-refractivity contribution is -0.615. The molecule has 11 nitrogen and oxygen atoms in total. The quantitative estimate of drug-likeness (QED) is 0.383. The third-order valence-corrected chi connectivity index (χ3v) is 2.04. The number of nitro groups is 3. The van der Waals surface area contributed by atoms with Gasteiger partial charge < -0.3 is 10.2 Å². The Hall–Kier alpha value is -2.56.